The number of hydrogen-bond acceptors (Lipinski definition) is 6. The van der Waals surface area contributed by atoms with Gasteiger partial charge in [0.2, 0.25) is 5.95 Å². The third kappa shape index (κ3) is 3.26. The maximum absolute atomic E-state index is 4.60. The zero-order valence-electron chi connectivity index (χ0n) is 15.0. The summed E-state index contributed by atoms with van der Waals surface area (Å²) in [5.41, 5.74) is 4.54. The molecule has 0 radical (unpaired) electrons. The van der Waals surface area contributed by atoms with Gasteiger partial charge in [0.1, 0.15) is 5.52 Å². The molecule has 1 aromatic carbocycles. The largest absolute Gasteiger partial charge is 0.321 e. The van der Waals surface area contributed by atoms with Crippen LogP contribution in [0.2, 0.25) is 0 Å². The van der Waals surface area contributed by atoms with E-state index in [1.807, 2.05) is 42.2 Å². The van der Waals surface area contributed by atoms with Crippen molar-refractivity contribution in [1.82, 2.24) is 34.7 Å². The summed E-state index contributed by atoms with van der Waals surface area (Å²) in [6.45, 7) is 5.18. The maximum Gasteiger partial charge on any atom is 0.227 e. The van der Waals surface area contributed by atoms with Crippen LogP contribution in [-0.4, -0.2) is 34.7 Å². The lowest BCUT2D eigenvalue weighted by molar-refractivity contribution is 0.483. The van der Waals surface area contributed by atoms with Crippen LogP contribution in [0, 0.1) is 5.92 Å². The van der Waals surface area contributed by atoms with Crippen LogP contribution < -0.4 is 5.32 Å². The van der Waals surface area contributed by atoms with Gasteiger partial charge in [-0.05, 0) is 24.1 Å². The molecule has 1 N–H and O–H groups in total. The molecule has 8 nitrogen and oxygen atoms in total. The predicted octanol–water partition coefficient (Wildman–Crippen LogP) is 3.02. The molecule has 0 saturated heterocycles. The molecule has 0 aliphatic heterocycles. The van der Waals surface area contributed by atoms with Gasteiger partial charge in [0, 0.05) is 31.5 Å². The summed E-state index contributed by atoms with van der Waals surface area (Å²) in [6.07, 6.45) is 5.34. The Hall–Kier alpha value is -3.29. The summed E-state index contributed by atoms with van der Waals surface area (Å²) in [4.78, 5) is 8.87. The number of anilines is 2. The molecule has 4 rings (SSSR count). The first-order chi connectivity index (χ1) is 12.6. The van der Waals surface area contributed by atoms with Gasteiger partial charge in [0.05, 0.1) is 23.1 Å². The molecule has 8 heteroatoms. The van der Waals surface area contributed by atoms with Gasteiger partial charge in [-0.1, -0.05) is 25.1 Å². The molecule has 0 bridgehead atoms. The monoisotopic (exact) mass is 348 g/mol. The van der Waals surface area contributed by atoms with Crippen LogP contribution in [0.3, 0.4) is 0 Å². The van der Waals surface area contributed by atoms with Gasteiger partial charge in [0.15, 0.2) is 0 Å². The lowest BCUT2D eigenvalue weighted by Gasteiger charge is -2.06. The van der Waals surface area contributed by atoms with Crippen molar-refractivity contribution in [2.75, 3.05) is 5.32 Å². The molecule has 4 aromatic rings. The van der Waals surface area contributed by atoms with E-state index in [0.29, 0.717) is 11.9 Å². The number of benzene rings is 1. The molecule has 26 heavy (non-hydrogen) atoms. The number of aryl methyl sites for hydroxylation is 1. The SMILES string of the molecule is CC(C)Cn1nnc2cc(-c3ccnc(Nc4cnn(C)c4)n3)ccc21. The van der Waals surface area contributed by atoms with E-state index < -0.39 is 0 Å². The molecule has 0 fully saturated rings. The molecular formula is C18H20N8. The second-order valence-electron chi connectivity index (χ2n) is 6.66. The highest BCUT2D eigenvalue weighted by Crippen LogP contribution is 2.23. The fourth-order valence-electron chi connectivity index (χ4n) is 2.81. The van der Waals surface area contributed by atoms with Crippen molar-refractivity contribution in [2.24, 2.45) is 13.0 Å². The van der Waals surface area contributed by atoms with Crippen LogP contribution in [-0.2, 0) is 13.6 Å². The minimum Gasteiger partial charge on any atom is -0.321 e. The Morgan fingerprint density at radius 2 is 2.08 bits per heavy atom. The van der Waals surface area contributed by atoms with Gasteiger partial charge in [0.25, 0.3) is 0 Å². The quantitative estimate of drug-likeness (QED) is 0.596. The van der Waals surface area contributed by atoms with Crippen molar-refractivity contribution >= 4 is 22.7 Å². The van der Waals surface area contributed by atoms with Gasteiger partial charge in [-0.2, -0.15) is 5.10 Å². The zero-order chi connectivity index (χ0) is 18.1. The summed E-state index contributed by atoms with van der Waals surface area (Å²) in [7, 11) is 1.87. The Morgan fingerprint density at radius 3 is 2.85 bits per heavy atom. The van der Waals surface area contributed by atoms with Crippen molar-refractivity contribution in [1.29, 1.82) is 0 Å². The molecule has 3 heterocycles. The fraction of sp³-hybridized carbons (Fsp3) is 0.278. The molecule has 0 unspecified atom stereocenters. The van der Waals surface area contributed by atoms with Gasteiger partial charge in [-0.25, -0.2) is 14.6 Å². The van der Waals surface area contributed by atoms with E-state index in [4.69, 9.17) is 0 Å². The fourth-order valence-corrected chi connectivity index (χ4v) is 2.81. The molecule has 132 valence electrons. The van der Waals surface area contributed by atoms with Gasteiger partial charge in [-0.3, -0.25) is 4.68 Å². The molecule has 0 aliphatic carbocycles. The van der Waals surface area contributed by atoms with Crippen molar-refractivity contribution in [3.8, 4) is 11.3 Å². The van der Waals surface area contributed by atoms with Crippen molar-refractivity contribution in [3.63, 3.8) is 0 Å². The Balaban J connectivity index is 1.63. The highest BCUT2D eigenvalue weighted by Gasteiger charge is 2.09. The average molecular weight is 348 g/mol. The summed E-state index contributed by atoms with van der Waals surface area (Å²) < 4.78 is 3.67. The van der Waals surface area contributed by atoms with E-state index in [2.05, 4.69) is 44.5 Å². The number of nitrogens with zero attached hydrogens (tertiary/aromatic N) is 7. The van der Waals surface area contributed by atoms with Crippen molar-refractivity contribution < 1.29 is 0 Å². The summed E-state index contributed by atoms with van der Waals surface area (Å²) in [6, 6.07) is 7.98. The Morgan fingerprint density at radius 1 is 1.19 bits per heavy atom. The van der Waals surface area contributed by atoms with E-state index in [1.54, 1.807) is 17.1 Å². The number of rotatable bonds is 5. The van der Waals surface area contributed by atoms with E-state index in [-0.39, 0.29) is 0 Å². The lowest BCUT2D eigenvalue weighted by atomic mass is 10.1. The lowest BCUT2D eigenvalue weighted by Crippen LogP contribution is -2.05. The smallest absolute Gasteiger partial charge is 0.227 e. The first-order valence-corrected chi connectivity index (χ1v) is 8.51. The molecule has 0 atom stereocenters. The summed E-state index contributed by atoms with van der Waals surface area (Å²) in [5.74, 6) is 1.04. The Kier molecular flexibility index (Phi) is 4.08. The second kappa shape index (κ2) is 6.55. The predicted molar refractivity (Wildman–Crippen MR) is 99.9 cm³/mol. The average Bonchev–Trinajstić information content (AvgIpc) is 3.20. The van der Waals surface area contributed by atoms with E-state index in [9.17, 15) is 0 Å². The Bertz CT molecular complexity index is 1050. The minimum absolute atomic E-state index is 0.516. The van der Waals surface area contributed by atoms with Crippen molar-refractivity contribution in [2.45, 2.75) is 20.4 Å². The number of hydrogen-bond donors (Lipinski definition) is 1. The molecule has 0 saturated carbocycles. The topological polar surface area (TPSA) is 86.3 Å². The third-order valence-corrected chi connectivity index (χ3v) is 3.96. The molecule has 0 aliphatic rings. The van der Waals surface area contributed by atoms with Gasteiger partial charge < -0.3 is 5.32 Å². The zero-order valence-corrected chi connectivity index (χ0v) is 15.0. The third-order valence-electron chi connectivity index (χ3n) is 3.96. The normalized spacial score (nSPS) is 11.4. The van der Waals surface area contributed by atoms with Gasteiger partial charge >= 0.3 is 0 Å². The van der Waals surface area contributed by atoms with E-state index in [0.717, 1.165) is 34.5 Å². The molecular weight excluding hydrogens is 328 g/mol. The van der Waals surface area contributed by atoms with Crippen molar-refractivity contribution in [3.05, 3.63) is 42.9 Å². The first-order valence-electron chi connectivity index (χ1n) is 8.51. The second-order valence-corrected chi connectivity index (χ2v) is 6.66. The van der Waals surface area contributed by atoms with Crippen LogP contribution in [0.5, 0.6) is 0 Å². The van der Waals surface area contributed by atoms with Crippen LogP contribution in [0.1, 0.15) is 13.8 Å². The molecule has 3 aromatic heterocycles. The molecule has 0 amide bonds. The minimum atomic E-state index is 0.516. The molecule has 0 spiro atoms. The first kappa shape index (κ1) is 16.2. The summed E-state index contributed by atoms with van der Waals surface area (Å²) >= 11 is 0. The highest BCUT2D eigenvalue weighted by atomic mass is 15.4. The Labute approximate surface area is 150 Å². The number of fused-ring (bicyclic) bond motifs is 1. The van der Waals surface area contributed by atoms with Gasteiger partial charge in [-0.15, -0.1) is 5.10 Å². The standard InChI is InChI=1S/C18H20N8/c1-12(2)10-26-17-5-4-13(8-16(17)23-24-26)15-6-7-19-18(22-15)21-14-9-20-25(3)11-14/h4-9,11-12H,10H2,1-3H3,(H,19,21,22). The highest BCUT2D eigenvalue weighted by molar-refractivity contribution is 5.80. The number of nitrogens with one attached hydrogen (secondary N) is 1. The maximum atomic E-state index is 4.60. The van der Waals surface area contributed by atoms with Crippen LogP contribution >= 0.6 is 0 Å². The van der Waals surface area contributed by atoms with Crippen LogP contribution in [0.4, 0.5) is 11.6 Å². The van der Waals surface area contributed by atoms with E-state index in [1.165, 1.54) is 0 Å². The number of aromatic nitrogens is 7. The van der Waals surface area contributed by atoms with Crippen LogP contribution in [0.15, 0.2) is 42.9 Å². The summed E-state index contributed by atoms with van der Waals surface area (Å²) in [5, 5.41) is 15.8. The van der Waals surface area contributed by atoms with E-state index >= 15 is 0 Å². The van der Waals surface area contributed by atoms with Crippen LogP contribution in [0.25, 0.3) is 22.3 Å².